The molecule has 1 atom stereocenters. The molecule has 28 heavy (non-hydrogen) atoms. The summed E-state index contributed by atoms with van der Waals surface area (Å²) in [6.45, 7) is 5.79. The Hall–Kier alpha value is -1.84. The van der Waals surface area contributed by atoms with Crippen molar-refractivity contribution in [1.82, 2.24) is 25.4 Å². The molecule has 3 rings (SSSR count). The number of benzene rings is 1. The molecule has 0 fully saturated rings. The van der Waals surface area contributed by atoms with Crippen LogP contribution in [-0.2, 0) is 25.8 Å². The number of methoxy groups -OCH3 is 1. The molecule has 1 aliphatic heterocycles. The lowest BCUT2D eigenvalue weighted by Gasteiger charge is -2.25. The Morgan fingerprint density at radius 1 is 1.39 bits per heavy atom. The zero-order chi connectivity index (χ0) is 19.2. The van der Waals surface area contributed by atoms with Crippen molar-refractivity contribution >= 4 is 29.9 Å². The highest BCUT2D eigenvalue weighted by Gasteiger charge is 2.21. The second-order valence-corrected chi connectivity index (χ2v) is 6.91. The van der Waals surface area contributed by atoms with Crippen LogP contribution in [0.15, 0.2) is 23.2 Å². The summed E-state index contributed by atoms with van der Waals surface area (Å²) in [6.07, 6.45) is 3.78. The molecule has 7 nitrogen and oxygen atoms in total. The number of aryl methyl sites for hydroxylation is 3. The van der Waals surface area contributed by atoms with Gasteiger partial charge < -0.3 is 15.4 Å². The molecule has 0 radical (unpaired) electrons. The van der Waals surface area contributed by atoms with Crippen molar-refractivity contribution < 1.29 is 4.74 Å². The molecule has 2 aromatic rings. The first-order valence-electron chi connectivity index (χ1n) is 9.66. The van der Waals surface area contributed by atoms with E-state index in [1.54, 1.807) is 7.11 Å². The second-order valence-electron chi connectivity index (χ2n) is 6.91. The maximum atomic E-state index is 5.40. The summed E-state index contributed by atoms with van der Waals surface area (Å²) in [6, 6.07) is 6.67. The molecule has 1 aliphatic rings. The van der Waals surface area contributed by atoms with Crippen molar-refractivity contribution in [3.8, 4) is 5.75 Å². The van der Waals surface area contributed by atoms with Gasteiger partial charge in [0.1, 0.15) is 11.6 Å². The molecule has 2 heterocycles. The minimum atomic E-state index is 0. The number of ether oxygens (including phenoxy) is 1. The summed E-state index contributed by atoms with van der Waals surface area (Å²) >= 11 is 0. The first-order chi connectivity index (χ1) is 13.1. The standard InChI is InChI=1S/C20H30N6O.HI/c1-5-18-24-19-9-8-16(13-26(19)25-18)23-20(21-3)22-11-10-15-7-6-14(2)17(12-15)27-4;/h6-7,12,16H,5,8-11,13H2,1-4H3,(H2,21,22,23);1H. The van der Waals surface area contributed by atoms with Gasteiger partial charge in [-0.15, -0.1) is 24.0 Å². The molecule has 2 N–H and O–H groups in total. The summed E-state index contributed by atoms with van der Waals surface area (Å²) in [4.78, 5) is 8.94. The molecule has 1 aromatic heterocycles. The van der Waals surface area contributed by atoms with Gasteiger partial charge in [-0.3, -0.25) is 4.99 Å². The summed E-state index contributed by atoms with van der Waals surface area (Å²) in [5.41, 5.74) is 2.40. The average Bonchev–Trinajstić information content (AvgIpc) is 3.11. The Kier molecular flexibility index (Phi) is 8.53. The van der Waals surface area contributed by atoms with Gasteiger partial charge in [0.15, 0.2) is 11.8 Å². The highest BCUT2D eigenvalue weighted by molar-refractivity contribution is 14.0. The fourth-order valence-electron chi connectivity index (χ4n) is 3.36. The molecule has 0 bridgehead atoms. The summed E-state index contributed by atoms with van der Waals surface area (Å²) in [7, 11) is 3.52. The van der Waals surface area contributed by atoms with Crippen LogP contribution in [0.25, 0.3) is 0 Å². The summed E-state index contributed by atoms with van der Waals surface area (Å²) < 4.78 is 7.44. The lowest BCUT2D eigenvalue weighted by Crippen LogP contribution is -2.47. The lowest BCUT2D eigenvalue weighted by molar-refractivity contribution is 0.392. The van der Waals surface area contributed by atoms with Gasteiger partial charge in [-0.05, 0) is 37.0 Å². The molecular formula is C20H31IN6O. The molecule has 8 heteroatoms. The monoisotopic (exact) mass is 498 g/mol. The van der Waals surface area contributed by atoms with Crippen molar-refractivity contribution in [3.05, 3.63) is 41.0 Å². The van der Waals surface area contributed by atoms with E-state index >= 15 is 0 Å². The molecule has 0 spiro atoms. The number of guanidine groups is 1. The quantitative estimate of drug-likeness (QED) is 0.364. The SMILES string of the molecule is CCc1nc2n(n1)CC(NC(=NC)NCCc1ccc(C)c(OC)c1)CC2.I. The van der Waals surface area contributed by atoms with Crippen molar-refractivity contribution in [3.63, 3.8) is 0 Å². The van der Waals surface area contributed by atoms with E-state index in [9.17, 15) is 0 Å². The van der Waals surface area contributed by atoms with Crippen molar-refractivity contribution in [1.29, 1.82) is 0 Å². The highest BCUT2D eigenvalue weighted by atomic mass is 127. The minimum Gasteiger partial charge on any atom is -0.496 e. The third-order valence-corrected chi connectivity index (χ3v) is 4.96. The molecule has 0 saturated heterocycles. The Labute approximate surface area is 184 Å². The number of halogens is 1. The van der Waals surface area contributed by atoms with Crippen LogP contribution in [0.2, 0.25) is 0 Å². The first kappa shape index (κ1) is 22.4. The lowest BCUT2D eigenvalue weighted by atomic mass is 10.1. The van der Waals surface area contributed by atoms with E-state index in [2.05, 4.69) is 57.8 Å². The number of hydrogen-bond donors (Lipinski definition) is 2. The smallest absolute Gasteiger partial charge is 0.191 e. The largest absolute Gasteiger partial charge is 0.496 e. The van der Waals surface area contributed by atoms with Crippen LogP contribution in [0.5, 0.6) is 5.75 Å². The van der Waals surface area contributed by atoms with Gasteiger partial charge in [-0.25, -0.2) is 9.67 Å². The van der Waals surface area contributed by atoms with Crippen LogP contribution < -0.4 is 15.4 Å². The van der Waals surface area contributed by atoms with Gasteiger partial charge in [0.2, 0.25) is 0 Å². The van der Waals surface area contributed by atoms with E-state index in [-0.39, 0.29) is 24.0 Å². The van der Waals surface area contributed by atoms with E-state index < -0.39 is 0 Å². The zero-order valence-electron chi connectivity index (χ0n) is 17.2. The van der Waals surface area contributed by atoms with Gasteiger partial charge in [0, 0.05) is 32.5 Å². The number of nitrogens with one attached hydrogen (secondary N) is 2. The van der Waals surface area contributed by atoms with Crippen molar-refractivity contribution in [2.45, 2.75) is 52.1 Å². The van der Waals surface area contributed by atoms with E-state index in [0.717, 1.165) is 67.7 Å². The normalized spacial score (nSPS) is 16.1. The Bertz CT molecular complexity index is 804. The van der Waals surface area contributed by atoms with Gasteiger partial charge >= 0.3 is 0 Å². The van der Waals surface area contributed by atoms with Gasteiger partial charge in [-0.1, -0.05) is 19.1 Å². The zero-order valence-corrected chi connectivity index (χ0v) is 19.5. The predicted octanol–water partition coefficient (Wildman–Crippen LogP) is 2.50. The molecule has 0 amide bonds. The van der Waals surface area contributed by atoms with E-state index in [0.29, 0.717) is 6.04 Å². The van der Waals surface area contributed by atoms with Crippen LogP contribution in [0.1, 0.15) is 36.1 Å². The number of aliphatic imine (C=N–C) groups is 1. The maximum Gasteiger partial charge on any atom is 0.191 e. The topological polar surface area (TPSA) is 76.4 Å². The Morgan fingerprint density at radius 3 is 2.93 bits per heavy atom. The molecule has 0 saturated carbocycles. The van der Waals surface area contributed by atoms with E-state index in [4.69, 9.17) is 4.74 Å². The molecular weight excluding hydrogens is 467 g/mol. The summed E-state index contributed by atoms with van der Waals surface area (Å²) in [5.74, 6) is 3.80. The number of fused-ring (bicyclic) bond motifs is 1. The molecule has 1 aromatic carbocycles. The minimum absolute atomic E-state index is 0. The van der Waals surface area contributed by atoms with Crippen molar-refractivity contribution in [2.75, 3.05) is 20.7 Å². The van der Waals surface area contributed by atoms with E-state index in [1.807, 2.05) is 11.7 Å². The molecule has 1 unspecified atom stereocenters. The van der Waals surface area contributed by atoms with Gasteiger partial charge in [0.05, 0.1) is 13.7 Å². The highest BCUT2D eigenvalue weighted by Crippen LogP contribution is 2.19. The predicted molar refractivity (Wildman–Crippen MR) is 123 cm³/mol. The van der Waals surface area contributed by atoms with Crippen LogP contribution in [0.3, 0.4) is 0 Å². The third kappa shape index (κ3) is 5.59. The van der Waals surface area contributed by atoms with Crippen LogP contribution in [0, 0.1) is 6.92 Å². The number of hydrogen-bond acceptors (Lipinski definition) is 4. The number of rotatable bonds is 6. The van der Waals surface area contributed by atoms with Crippen LogP contribution in [0.4, 0.5) is 0 Å². The summed E-state index contributed by atoms with van der Waals surface area (Å²) in [5, 5.41) is 11.5. The van der Waals surface area contributed by atoms with Crippen LogP contribution >= 0.6 is 24.0 Å². The Balaban J connectivity index is 0.00000280. The van der Waals surface area contributed by atoms with Crippen LogP contribution in [-0.4, -0.2) is 47.5 Å². The molecule has 154 valence electrons. The van der Waals surface area contributed by atoms with Crippen molar-refractivity contribution in [2.24, 2.45) is 4.99 Å². The second kappa shape index (κ2) is 10.6. The average molecular weight is 498 g/mol. The molecule has 0 aliphatic carbocycles. The van der Waals surface area contributed by atoms with E-state index in [1.165, 1.54) is 5.56 Å². The first-order valence-corrected chi connectivity index (χ1v) is 9.66. The maximum absolute atomic E-state index is 5.40. The fourth-order valence-corrected chi connectivity index (χ4v) is 3.36. The van der Waals surface area contributed by atoms with Gasteiger partial charge in [0.25, 0.3) is 0 Å². The van der Waals surface area contributed by atoms with Gasteiger partial charge in [-0.2, -0.15) is 5.10 Å². The number of nitrogens with zero attached hydrogens (tertiary/aromatic N) is 4. The third-order valence-electron chi connectivity index (χ3n) is 4.96. The Morgan fingerprint density at radius 2 is 2.21 bits per heavy atom. The fraction of sp³-hybridized carbons (Fsp3) is 0.550. The number of aromatic nitrogens is 3.